The summed E-state index contributed by atoms with van der Waals surface area (Å²) in [6.45, 7) is 0.595. The first-order valence-electron chi connectivity index (χ1n) is 6.88. The van der Waals surface area contributed by atoms with Gasteiger partial charge in [-0.15, -0.1) is 0 Å². The number of hydrogen-bond acceptors (Lipinski definition) is 3. The highest BCUT2D eigenvalue weighted by molar-refractivity contribution is 6.01. The third-order valence-corrected chi connectivity index (χ3v) is 3.55. The largest absolute Gasteiger partial charge is 0.462 e. The Morgan fingerprint density at radius 2 is 2.18 bits per heavy atom. The van der Waals surface area contributed by atoms with E-state index in [4.69, 9.17) is 4.74 Å². The van der Waals surface area contributed by atoms with Gasteiger partial charge in [-0.25, -0.2) is 13.6 Å². The minimum atomic E-state index is -3.05. The number of carbonyl (C=O) groups is 2. The van der Waals surface area contributed by atoms with E-state index in [0.29, 0.717) is 10.9 Å². The number of carbonyl (C=O) groups excluding carboxylic acids is 2. The van der Waals surface area contributed by atoms with Crippen molar-refractivity contribution in [2.24, 2.45) is 0 Å². The van der Waals surface area contributed by atoms with Crippen molar-refractivity contribution in [3.8, 4) is 0 Å². The summed E-state index contributed by atoms with van der Waals surface area (Å²) < 4.78 is 33.7. The van der Waals surface area contributed by atoms with Crippen molar-refractivity contribution in [3.63, 3.8) is 0 Å². The average Bonchev–Trinajstić information content (AvgIpc) is 2.77. The predicted molar refractivity (Wildman–Crippen MR) is 75.2 cm³/mol. The summed E-state index contributed by atoms with van der Waals surface area (Å²) in [4.78, 5) is 23.7. The summed E-state index contributed by atoms with van der Waals surface area (Å²) in [5.41, 5.74) is 0.841. The van der Waals surface area contributed by atoms with E-state index in [9.17, 15) is 18.4 Å². The summed E-state index contributed by atoms with van der Waals surface area (Å²) >= 11 is 0. The molecule has 2 aromatic rings. The Hall–Kier alpha value is -2.44. The van der Waals surface area contributed by atoms with Gasteiger partial charge in [-0.3, -0.25) is 4.79 Å². The quantitative estimate of drug-likeness (QED) is 0.865. The third-order valence-electron chi connectivity index (χ3n) is 3.55. The van der Waals surface area contributed by atoms with Crippen LogP contribution < -0.4 is 5.32 Å². The van der Waals surface area contributed by atoms with Gasteiger partial charge < -0.3 is 14.6 Å². The second-order valence-corrected chi connectivity index (χ2v) is 5.15. The first-order chi connectivity index (χ1) is 10.4. The van der Waals surface area contributed by atoms with Crippen molar-refractivity contribution in [3.05, 3.63) is 35.5 Å². The number of nitrogens with one attached hydrogen (secondary N) is 1. The van der Waals surface area contributed by atoms with Crippen LogP contribution in [0.5, 0.6) is 0 Å². The summed E-state index contributed by atoms with van der Waals surface area (Å²) in [7, 11) is 0. The Morgan fingerprint density at radius 3 is 2.91 bits per heavy atom. The molecule has 0 saturated heterocycles. The Kier molecular flexibility index (Phi) is 3.35. The van der Waals surface area contributed by atoms with Gasteiger partial charge in [0.15, 0.2) is 0 Å². The van der Waals surface area contributed by atoms with Gasteiger partial charge in [0, 0.05) is 10.9 Å². The molecule has 1 aromatic carbocycles. The molecule has 116 valence electrons. The van der Waals surface area contributed by atoms with Gasteiger partial charge in [0.25, 0.3) is 11.8 Å². The summed E-state index contributed by atoms with van der Waals surface area (Å²) in [5, 5.41) is 2.83. The van der Waals surface area contributed by atoms with Crippen LogP contribution in [0.3, 0.4) is 0 Å². The molecule has 22 heavy (non-hydrogen) atoms. The van der Waals surface area contributed by atoms with Crippen LogP contribution >= 0.6 is 0 Å². The van der Waals surface area contributed by atoms with E-state index in [0.717, 1.165) is 0 Å². The number of halogens is 2. The molecule has 0 unspecified atom stereocenters. The maximum absolute atomic E-state index is 13.8. The van der Waals surface area contributed by atoms with Crippen LogP contribution in [0.25, 0.3) is 10.9 Å². The van der Waals surface area contributed by atoms with E-state index < -0.39 is 30.9 Å². The number of alkyl halides is 2. The van der Waals surface area contributed by atoms with Crippen molar-refractivity contribution in [1.82, 2.24) is 9.88 Å². The number of nitrogens with zero attached hydrogens (tertiary/aromatic N) is 1. The first-order valence-corrected chi connectivity index (χ1v) is 6.88. The number of amides is 1. The summed E-state index contributed by atoms with van der Waals surface area (Å²) in [6.07, 6.45) is 0. The second kappa shape index (κ2) is 5.08. The smallest absolute Gasteiger partial charge is 0.338 e. The van der Waals surface area contributed by atoms with Crippen LogP contribution in [0.2, 0.25) is 0 Å². The zero-order valence-corrected chi connectivity index (χ0v) is 11.9. The molecular weight excluding hydrogens is 294 g/mol. The Labute approximate surface area is 124 Å². The van der Waals surface area contributed by atoms with Crippen LogP contribution in [0.1, 0.15) is 27.8 Å². The van der Waals surface area contributed by atoms with Gasteiger partial charge in [-0.1, -0.05) is 6.07 Å². The third kappa shape index (κ3) is 2.43. The molecule has 5 nitrogen and oxygen atoms in total. The fourth-order valence-corrected chi connectivity index (χ4v) is 2.54. The molecule has 1 aromatic heterocycles. The molecule has 1 amide bonds. The first kappa shape index (κ1) is 14.5. The van der Waals surface area contributed by atoms with Gasteiger partial charge in [0.2, 0.25) is 0 Å². The molecule has 1 aliphatic heterocycles. The number of aromatic nitrogens is 1. The van der Waals surface area contributed by atoms with E-state index in [1.807, 2.05) is 0 Å². The van der Waals surface area contributed by atoms with Gasteiger partial charge in [0.1, 0.15) is 5.69 Å². The lowest BCUT2D eigenvalue weighted by Crippen LogP contribution is -2.35. The maximum Gasteiger partial charge on any atom is 0.338 e. The molecule has 1 N–H and O–H groups in total. The molecule has 0 atom stereocenters. The SMILES string of the molecule is CCOC(=O)c1ccc2cc3n(c2c1)CC(F)(F)CNC3=O. The number of fused-ring (bicyclic) bond motifs is 3. The Bertz CT molecular complexity index is 767. The maximum atomic E-state index is 13.8. The van der Waals surface area contributed by atoms with E-state index in [1.54, 1.807) is 25.1 Å². The van der Waals surface area contributed by atoms with Gasteiger partial charge in [-0.05, 0) is 25.1 Å². The summed E-state index contributed by atoms with van der Waals surface area (Å²) in [6, 6.07) is 6.19. The average molecular weight is 308 g/mol. The molecule has 0 bridgehead atoms. The molecule has 0 aliphatic carbocycles. The van der Waals surface area contributed by atoms with Crippen LogP contribution in [-0.2, 0) is 11.3 Å². The van der Waals surface area contributed by atoms with Crippen molar-refractivity contribution in [2.75, 3.05) is 13.2 Å². The van der Waals surface area contributed by atoms with Crippen LogP contribution in [0, 0.1) is 0 Å². The van der Waals surface area contributed by atoms with Crippen LogP contribution in [0.4, 0.5) is 8.78 Å². The lowest BCUT2D eigenvalue weighted by atomic mass is 10.1. The Balaban J connectivity index is 2.15. The van der Waals surface area contributed by atoms with E-state index in [1.165, 1.54) is 10.6 Å². The number of benzene rings is 1. The van der Waals surface area contributed by atoms with Crippen LogP contribution in [0.15, 0.2) is 24.3 Å². The van der Waals surface area contributed by atoms with E-state index >= 15 is 0 Å². The number of hydrogen-bond donors (Lipinski definition) is 1. The van der Waals surface area contributed by atoms with Gasteiger partial charge >= 0.3 is 5.97 Å². The number of esters is 1. The molecule has 0 radical (unpaired) electrons. The van der Waals surface area contributed by atoms with E-state index in [-0.39, 0.29) is 17.9 Å². The fourth-order valence-electron chi connectivity index (χ4n) is 2.54. The highest BCUT2D eigenvalue weighted by atomic mass is 19.3. The molecule has 2 heterocycles. The molecule has 0 spiro atoms. The van der Waals surface area contributed by atoms with Crippen molar-refractivity contribution >= 4 is 22.8 Å². The zero-order chi connectivity index (χ0) is 15.9. The molecule has 0 saturated carbocycles. The molecule has 3 rings (SSSR count). The molecule has 7 heteroatoms. The van der Waals surface area contributed by atoms with Crippen LogP contribution in [-0.4, -0.2) is 35.5 Å². The van der Waals surface area contributed by atoms with Gasteiger partial charge in [-0.2, -0.15) is 0 Å². The normalized spacial score (nSPS) is 16.8. The minimum absolute atomic E-state index is 0.160. The fraction of sp³-hybridized carbons (Fsp3) is 0.333. The topological polar surface area (TPSA) is 60.3 Å². The monoisotopic (exact) mass is 308 g/mol. The Morgan fingerprint density at radius 1 is 1.41 bits per heavy atom. The van der Waals surface area contributed by atoms with Crippen molar-refractivity contribution in [2.45, 2.75) is 19.4 Å². The lowest BCUT2D eigenvalue weighted by Gasteiger charge is -2.15. The second-order valence-electron chi connectivity index (χ2n) is 5.15. The number of rotatable bonds is 2. The van der Waals surface area contributed by atoms with E-state index in [2.05, 4.69) is 5.32 Å². The highest BCUT2D eigenvalue weighted by Crippen LogP contribution is 2.28. The summed E-state index contributed by atoms with van der Waals surface area (Å²) in [5.74, 6) is -4.12. The number of ether oxygens (including phenoxy) is 1. The highest BCUT2D eigenvalue weighted by Gasteiger charge is 2.35. The van der Waals surface area contributed by atoms with Crippen molar-refractivity contribution in [1.29, 1.82) is 0 Å². The standard InChI is InChI=1S/C15H14F2N2O3/c1-2-22-14(21)10-4-3-9-5-12-13(20)18-7-15(16,17)8-19(12)11(9)6-10/h3-6H,2,7-8H2,1H3,(H,18,20). The minimum Gasteiger partial charge on any atom is -0.462 e. The molecule has 1 aliphatic rings. The predicted octanol–water partition coefficient (Wildman–Crippen LogP) is 2.20. The van der Waals surface area contributed by atoms with Gasteiger partial charge in [0.05, 0.1) is 25.3 Å². The molecular formula is C15H14F2N2O3. The van der Waals surface area contributed by atoms with Crippen molar-refractivity contribution < 1.29 is 23.1 Å². The zero-order valence-electron chi connectivity index (χ0n) is 11.9. The lowest BCUT2D eigenvalue weighted by molar-refractivity contribution is -0.00920. The molecule has 0 fully saturated rings.